The molecule has 1 aliphatic rings. The number of hydrogen-bond donors (Lipinski definition) is 1. The molecule has 9 heteroatoms. The van der Waals surface area contributed by atoms with Gasteiger partial charge in [0.1, 0.15) is 17.5 Å². The van der Waals surface area contributed by atoms with Crippen molar-refractivity contribution in [2.45, 2.75) is 13.8 Å². The summed E-state index contributed by atoms with van der Waals surface area (Å²) in [6.07, 6.45) is -0.323. The van der Waals surface area contributed by atoms with E-state index in [9.17, 15) is 13.6 Å². The van der Waals surface area contributed by atoms with Gasteiger partial charge in [0.15, 0.2) is 0 Å². The lowest BCUT2D eigenvalue weighted by Crippen LogP contribution is -2.49. The summed E-state index contributed by atoms with van der Waals surface area (Å²) in [5.41, 5.74) is 0.838. The van der Waals surface area contributed by atoms with Crippen molar-refractivity contribution >= 4 is 23.5 Å². The molecule has 0 unspecified atom stereocenters. The van der Waals surface area contributed by atoms with Gasteiger partial charge in [-0.1, -0.05) is 0 Å². The number of carbonyl (C=O) groups excluding carboxylic acids is 1. The molecule has 1 N–H and O–H groups in total. The van der Waals surface area contributed by atoms with Gasteiger partial charge in [0.25, 0.3) is 0 Å². The summed E-state index contributed by atoms with van der Waals surface area (Å²) in [6, 6.07) is 4.99. The Bertz CT molecular complexity index is 825. The quantitative estimate of drug-likeness (QED) is 0.883. The van der Waals surface area contributed by atoms with Crippen LogP contribution in [0.4, 0.5) is 31.0 Å². The number of carbonyl (C=O) groups is 1. The molecule has 2 heterocycles. The van der Waals surface area contributed by atoms with Crippen molar-refractivity contribution in [1.82, 2.24) is 14.9 Å². The second kappa shape index (κ2) is 8.15. The summed E-state index contributed by atoms with van der Waals surface area (Å²) >= 11 is 0. The van der Waals surface area contributed by atoms with Gasteiger partial charge in [-0.2, -0.15) is 4.98 Å². The van der Waals surface area contributed by atoms with Crippen LogP contribution in [0.1, 0.15) is 12.6 Å². The molecule has 27 heavy (non-hydrogen) atoms. The first-order valence-corrected chi connectivity index (χ1v) is 8.70. The van der Waals surface area contributed by atoms with E-state index < -0.39 is 11.6 Å². The Morgan fingerprint density at radius 3 is 2.59 bits per heavy atom. The number of aryl methyl sites for hydroxylation is 1. The number of halogens is 2. The average Bonchev–Trinajstić information content (AvgIpc) is 2.64. The van der Waals surface area contributed by atoms with Crippen molar-refractivity contribution in [3.8, 4) is 0 Å². The van der Waals surface area contributed by atoms with Crippen LogP contribution in [0.2, 0.25) is 0 Å². The highest BCUT2D eigenvalue weighted by atomic mass is 19.1. The summed E-state index contributed by atoms with van der Waals surface area (Å²) in [5, 5.41) is 2.86. The summed E-state index contributed by atoms with van der Waals surface area (Å²) in [5.74, 6) is -0.438. The molecule has 0 aliphatic carbocycles. The number of rotatable bonds is 4. The molecule has 0 spiro atoms. The number of anilines is 3. The second-order valence-electron chi connectivity index (χ2n) is 6.12. The lowest BCUT2D eigenvalue weighted by molar-refractivity contribution is 0.105. The summed E-state index contributed by atoms with van der Waals surface area (Å²) in [6.45, 7) is 6.06. The van der Waals surface area contributed by atoms with E-state index in [-0.39, 0.29) is 11.8 Å². The Morgan fingerprint density at radius 2 is 1.93 bits per heavy atom. The summed E-state index contributed by atoms with van der Waals surface area (Å²) in [7, 11) is 0. The van der Waals surface area contributed by atoms with Gasteiger partial charge in [-0.3, -0.25) is 0 Å². The third-order valence-corrected chi connectivity index (χ3v) is 4.12. The minimum atomic E-state index is -0.698. The molecule has 0 saturated carbocycles. The van der Waals surface area contributed by atoms with E-state index in [4.69, 9.17) is 4.74 Å². The van der Waals surface area contributed by atoms with Crippen molar-refractivity contribution in [2.24, 2.45) is 0 Å². The number of benzene rings is 1. The zero-order valence-electron chi connectivity index (χ0n) is 15.2. The molecule has 3 rings (SSSR count). The molecular weight excluding hydrogens is 356 g/mol. The number of hydrogen-bond acceptors (Lipinski definition) is 6. The Morgan fingerprint density at radius 1 is 1.19 bits per heavy atom. The van der Waals surface area contributed by atoms with E-state index >= 15 is 0 Å². The van der Waals surface area contributed by atoms with Crippen molar-refractivity contribution in [3.05, 3.63) is 41.6 Å². The highest BCUT2D eigenvalue weighted by molar-refractivity contribution is 5.68. The fourth-order valence-electron chi connectivity index (χ4n) is 2.79. The van der Waals surface area contributed by atoms with Crippen LogP contribution in [-0.2, 0) is 4.74 Å². The van der Waals surface area contributed by atoms with Gasteiger partial charge in [0.05, 0.1) is 12.3 Å². The normalized spacial score (nSPS) is 14.2. The Kier molecular flexibility index (Phi) is 5.68. The van der Waals surface area contributed by atoms with Crippen LogP contribution in [0.25, 0.3) is 0 Å². The predicted molar refractivity (Wildman–Crippen MR) is 97.2 cm³/mol. The van der Waals surface area contributed by atoms with Crippen LogP contribution >= 0.6 is 0 Å². The zero-order chi connectivity index (χ0) is 19.4. The first kappa shape index (κ1) is 18.8. The van der Waals surface area contributed by atoms with Gasteiger partial charge < -0.3 is 19.9 Å². The minimum absolute atomic E-state index is 0.132. The molecule has 7 nitrogen and oxygen atoms in total. The topological polar surface area (TPSA) is 70.6 Å². The van der Waals surface area contributed by atoms with Gasteiger partial charge in [-0.15, -0.1) is 0 Å². The van der Waals surface area contributed by atoms with E-state index in [1.807, 2.05) is 11.8 Å². The number of aromatic nitrogens is 2. The molecule has 1 aromatic heterocycles. The summed E-state index contributed by atoms with van der Waals surface area (Å²) in [4.78, 5) is 24.2. The maximum absolute atomic E-state index is 13.9. The van der Waals surface area contributed by atoms with Crippen molar-refractivity contribution in [3.63, 3.8) is 0 Å². The van der Waals surface area contributed by atoms with Crippen LogP contribution in [0, 0.1) is 18.6 Å². The van der Waals surface area contributed by atoms with Crippen LogP contribution in [-0.4, -0.2) is 53.7 Å². The lowest BCUT2D eigenvalue weighted by atomic mass is 10.3. The molecule has 1 saturated heterocycles. The Hall–Kier alpha value is -2.97. The fourth-order valence-corrected chi connectivity index (χ4v) is 2.79. The standard InChI is InChI=1S/C18H21F2N5O2/c1-3-27-18(26)25-8-6-24(7-9-25)17-21-12(2)10-16(23-17)22-15-5-4-13(19)11-14(15)20/h4-5,10-11H,3,6-9H2,1-2H3,(H,21,22,23). The lowest BCUT2D eigenvalue weighted by Gasteiger charge is -2.34. The molecule has 2 aromatic rings. The Balaban J connectivity index is 1.71. The molecule has 1 fully saturated rings. The number of ether oxygens (including phenoxy) is 1. The minimum Gasteiger partial charge on any atom is -0.450 e. The molecular formula is C18H21F2N5O2. The van der Waals surface area contributed by atoms with E-state index in [1.165, 1.54) is 12.1 Å². The van der Waals surface area contributed by atoms with Crippen molar-refractivity contribution in [1.29, 1.82) is 0 Å². The van der Waals surface area contributed by atoms with E-state index in [1.54, 1.807) is 17.9 Å². The third-order valence-electron chi connectivity index (χ3n) is 4.12. The second-order valence-corrected chi connectivity index (χ2v) is 6.12. The van der Waals surface area contributed by atoms with Gasteiger partial charge in [0, 0.05) is 44.0 Å². The van der Waals surface area contributed by atoms with Crippen LogP contribution in [0.3, 0.4) is 0 Å². The van der Waals surface area contributed by atoms with E-state index in [2.05, 4.69) is 15.3 Å². The number of nitrogens with zero attached hydrogens (tertiary/aromatic N) is 4. The maximum Gasteiger partial charge on any atom is 0.409 e. The monoisotopic (exact) mass is 377 g/mol. The number of nitrogens with one attached hydrogen (secondary N) is 1. The fraction of sp³-hybridized carbons (Fsp3) is 0.389. The average molecular weight is 377 g/mol. The first-order chi connectivity index (χ1) is 13.0. The third kappa shape index (κ3) is 4.60. The predicted octanol–water partition coefficient (Wildman–Crippen LogP) is 3.09. The molecule has 1 amide bonds. The molecule has 144 valence electrons. The van der Waals surface area contributed by atoms with Gasteiger partial charge >= 0.3 is 6.09 Å². The SMILES string of the molecule is CCOC(=O)N1CCN(c2nc(C)cc(Nc3ccc(F)cc3F)n2)CC1. The van der Waals surface area contributed by atoms with Crippen LogP contribution in [0.5, 0.6) is 0 Å². The van der Waals surface area contributed by atoms with Gasteiger partial charge in [-0.25, -0.2) is 18.6 Å². The van der Waals surface area contributed by atoms with E-state index in [0.29, 0.717) is 50.2 Å². The van der Waals surface area contributed by atoms with Gasteiger partial charge in [-0.05, 0) is 26.0 Å². The molecule has 1 aromatic carbocycles. The number of amides is 1. The van der Waals surface area contributed by atoms with Crippen molar-refractivity contribution in [2.75, 3.05) is 43.0 Å². The van der Waals surface area contributed by atoms with Gasteiger partial charge in [0.2, 0.25) is 5.95 Å². The Labute approximate surface area is 156 Å². The highest BCUT2D eigenvalue weighted by Crippen LogP contribution is 2.22. The first-order valence-electron chi connectivity index (χ1n) is 8.70. The smallest absolute Gasteiger partial charge is 0.409 e. The van der Waals surface area contributed by atoms with Crippen LogP contribution in [0.15, 0.2) is 24.3 Å². The highest BCUT2D eigenvalue weighted by Gasteiger charge is 2.23. The largest absolute Gasteiger partial charge is 0.450 e. The zero-order valence-corrected chi connectivity index (χ0v) is 15.2. The molecule has 0 atom stereocenters. The van der Waals surface area contributed by atoms with Crippen LogP contribution < -0.4 is 10.2 Å². The van der Waals surface area contributed by atoms with Crippen molar-refractivity contribution < 1.29 is 18.3 Å². The molecule has 0 bridgehead atoms. The summed E-state index contributed by atoms with van der Waals surface area (Å²) < 4.78 is 31.9. The molecule has 0 radical (unpaired) electrons. The number of piperazine rings is 1. The molecule has 1 aliphatic heterocycles. The van der Waals surface area contributed by atoms with E-state index in [0.717, 1.165) is 6.07 Å². The maximum atomic E-state index is 13.9.